The molecular weight excluding hydrogens is 377 g/mol. The highest BCUT2D eigenvalue weighted by Crippen LogP contribution is 2.24. The molecule has 2 N–H and O–H groups in total. The molecule has 0 spiro atoms. The van der Waals surface area contributed by atoms with Gasteiger partial charge in [0.05, 0.1) is 6.04 Å². The van der Waals surface area contributed by atoms with Crippen molar-refractivity contribution in [2.45, 2.75) is 19.3 Å². The van der Waals surface area contributed by atoms with Crippen LogP contribution in [0.5, 0.6) is 11.5 Å². The lowest BCUT2D eigenvalue weighted by molar-refractivity contribution is -0.274. The number of carbonyl (C=O) groups excluding carboxylic acids is 1. The highest BCUT2D eigenvalue weighted by atomic mass is 32.1. The number of aromatic carboxylic acids is 1. The Morgan fingerprint density at radius 3 is 2.42 bits per heavy atom. The van der Waals surface area contributed by atoms with Crippen molar-refractivity contribution in [3.63, 3.8) is 0 Å². The minimum absolute atomic E-state index is 0.108. The smallest absolute Gasteiger partial charge is 0.484 e. The minimum atomic E-state index is -4.78. The zero-order chi connectivity index (χ0) is 19.3. The van der Waals surface area contributed by atoms with Gasteiger partial charge < -0.3 is 19.9 Å². The first-order valence-electron chi connectivity index (χ1n) is 7.11. The van der Waals surface area contributed by atoms with E-state index in [-0.39, 0.29) is 18.1 Å². The molecule has 1 aromatic heterocycles. The number of carboxylic acids is 1. The Balaban J connectivity index is 1.83. The highest BCUT2D eigenvalue weighted by molar-refractivity contribution is 7.09. The number of halogens is 3. The predicted octanol–water partition coefficient (Wildman–Crippen LogP) is 3.00. The second-order valence-electron chi connectivity index (χ2n) is 4.97. The van der Waals surface area contributed by atoms with Crippen LogP contribution in [0.4, 0.5) is 13.2 Å². The zero-order valence-corrected chi connectivity index (χ0v) is 14.1. The molecule has 0 aliphatic carbocycles. The first-order chi connectivity index (χ1) is 12.1. The number of ether oxygens (including phenoxy) is 2. The zero-order valence-electron chi connectivity index (χ0n) is 13.2. The predicted molar refractivity (Wildman–Crippen MR) is 84.3 cm³/mol. The molecule has 0 radical (unpaired) electrons. The Hall–Kier alpha value is -2.82. The van der Waals surface area contributed by atoms with Gasteiger partial charge in [-0.3, -0.25) is 4.79 Å². The number of hydrogen-bond donors (Lipinski definition) is 2. The van der Waals surface area contributed by atoms with E-state index in [0.717, 1.165) is 23.5 Å². The fraction of sp³-hybridized carbons (Fsp3) is 0.267. The summed E-state index contributed by atoms with van der Waals surface area (Å²) in [5, 5.41) is 13.2. The van der Waals surface area contributed by atoms with Gasteiger partial charge in [-0.1, -0.05) is 0 Å². The number of carboxylic acid groups (broad SMARTS) is 1. The Morgan fingerprint density at radius 1 is 1.27 bits per heavy atom. The average Bonchev–Trinajstić information content (AvgIpc) is 3.03. The fourth-order valence-electron chi connectivity index (χ4n) is 1.82. The van der Waals surface area contributed by atoms with Gasteiger partial charge in [0.25, 0.3) is 5.91 Å². The fourth-order valence-corrected chi connectivity index (χ4v) is 2.62. The van der Waals surface area contributed by atoms with Crippen molar-refractivity contribution in [1.29, 1.82) is 0 Å². The average molecular weight is 390 g/mol. The molecule has 0 aliphatic rings. The third-order valence-corrected chi connectivity index (χ3v) is 3.94. The lowest BCUT2D eigenvalue weighted by atomic mass is 10.3. The molecule has 1 aromatic carbocycles. The largest absolute Gasteiger partial charge is 0.573 e. The molecule has 0 saturated carbocycles. The van der Waals surface area contributed by atoms with Crippen molar-refractivity contribution in [2.75, 3.05) is 6.61 Å². The number of benzene rings is 1. The maximum Gasteiger partial charge on any atom is 0.573 e. The van der Waals surface area contributed by atoms with Gasteiger partial charge in [0.15, 0.2) is 12.3 Å². The molecule has 1 unspecified atom stereocenters. The van der Waals surface area contributed by atoms with Crippen LogP contribution in [-0.2, 0) is 4.79 Å². The van der Waals surface area contributed by atoms with Gasteiger partial charge >= 0.3 is 12.3 Å². The van der Waals surface area contributed by atoms with Gasteiger partial charge in [-0.25, -0.2) is 9.78 Å². The molecule has 1 amide bonds. The Kier molecular flexibility index (Phi) is 6.03. The van der Waals surface area contributed by atoms with Crippen LogP contribution in [0.25, 0.3) is 0 Å². The molecule has 2 rings (SSSR count). The summed E-state index contributed by atoms with van der Waals surface area (Å²) in [5.74, 6) is -1.88. The van der Waals surface area contributed by atoms with Crippen molar-refractivity contribution >= 4 is 23.2 Å². The van der Waals surface area contributed by atoms with E-state index in [1.807, 2.05) is 0 Å². The van der Waals surface area contributed by atoms with Crippen LogP contribution in [0.1, 0.15) is 28.5 Å². The number of nitrogens with zero attached hydrogens (tertiary/aromatic N) is 1. The number of rotatable bonds is 7. The van der Waals surface area contributed by atoms with Crippen molar-refractivity contribution in [3.8, 4) is 11.5 Å². The second kappa shape index (κ2) is 8.04. The van der Waals surface area contributed by atoms with Gasteiger partial charge in [0.1, 0.15) is 16.5 Å². The summed E-state index contributed by atoms with van der Waals surface area (Å²) < 4.78 is 45.1. The van der Waals surface area contributed by atoms with Crippen LogP contribution in [-0.4, -0.2) is 34.9 Å². The number of alkyl halides is 3. The van der Waals surface area contributed by atoms with E-state index >= 15 is 0 Å². The number of hydrogen-bond acceptors (Lipinski definition) is 6. The summed E-state index contributed by atoms with van der Waals surface area (Å²) >= 11 is 1.10. The summed E-state index contributed by atoms with van der Waals surface area (Å²) in [6.07, 6.45) is -4.78. The van der Waals surface area contributed by atoms with Crippen LogP contribution in [0.2, 0.25) is 0 Å². The first-order valence-corrected chi connectivity index (χ1v) is 7.98. The van der Waals surface area contributed by atoms with Crippen LogP contribution < -0.4 is 14.8 Å². The second-order valence-corrected chi connectivity index (χ2v) is 5.86. The number of thiazole rings is 1. The van der Waals surface area contributed by atoms with Crippen LogP contribution in [0, 0.1) is 0 Å². The summed E-state index contributed by atoms with van der Waals surface area (Å²) in [6.45, 7) is 1.26. The third-order valence-electron chi connectivity index (χ3n) is 2.92. The number of nitrogens with one attached hydrogen (secondary N) is 1. The monoisotopic (exact) mass is 390 g/mol. The molecule has 7 nitrogen and oxygen atoms in total. The molecule has 0 saturated heterocycles. The topological polar surface area (TPSA) is 97.8 Å². The normalized spacial score (nSPS) is 12.3. The van der Waals surface area contributed by atoms with Crippen molar-refractivity contribution in [2.24, 2.45) is 0 Å². The third kappa shape index (κ3) is 5.92. The maximum absolute atomic E-state index is 12.1. The molecule has 140 valence electrons. The molecular formula is C15H13F3N2O5S. The molecule has 1 heterocycles. The molecule has 2 aromatic rings. The van der Waals surface area contributed by atoms with E-state index in [1.54, 1.807) is 6.92 Å². The first kappa shape index (κ1) is 19.5. The van der Waals surface area contributed by atoms with Gasteiger partial charge in [-0.05, 0) is 31.2 Å². The SMILES string of the molecule is CC(NC(=O)COc1ccc(OC(F)(F)F)cc1)c1nc(C(=O)O)cs1. The molecule has 0 fully saturated rings. The van der Waals surface area contributed by atoms with E-state index < -0.39 is 30.0 Å². The van der Waals surface area contributed by atoms with Crippen molar-refractivity contribution < 1.29 is 37.3 Å². The molecule has 0 bridgehead atoms. The summed E-state index contributed by atoms with van der Waals surface area (Å²) in [7, 11) is 0. The van der Waals surface area contributed by atoms with E-state index in [2.05, 4.69) is 15.0 Å². The Labute approximate surface area is 149 Å². The molecule has 1 atom stereocenters. The summed E-state index contributed by atoms with van der Waals surface area (Å²) in [4.78, 5) is 26.5. The lowest BCUT2D eigenvalue weighted by Crippen LogP contribution is -2.31. The minimum Gasteiger partial charge on any atom is -0.484 e. The van der Waals surface area contributed by atoms with Crippen molar-refractivity contribution in [1.82, 2.24) is 10.3 Å². The van der Waals surface area contributed by atoms with Crippen LogP contribution in [0.3, 0.4) is 0 Å². The number of amides is 1. The number of carbonyl (C=O) groups is 2. The maximum atomic E-state index is 12.1. The van der Waals surface area contributed by atoms with E-state index in [0.29, 0.717) is 5.01 Å². The number of aromatic nitrogens is 1. The molecule has 0 aliphatic heterocycles. The van der Waals surface area contributed by atoms with Crippen LogP contribution in [0.15, 0.2) is 29.6 Å². The van der Waals surface area contributed by atoms with Crippen molar-refractivity contribution in [3.05, 3.63) is 40.3 Å². The Bertz CT molecular complexity index is 776. The van der Waals surface area contributed by atoms with Gasteiger partial charge in [-0.2, -0.15) is 0 Å². The summed E-state index contributed by atoms with van der Waals surface area (Å²) in [6, 6.07) is 4.07. The lowest BCUT2D eigenvalue weighted by Gasteiger charge is -2.12. The van der Waals surface area contributed by atoms with E-state index in [4.69, 9.17) is 9.84 Å². The summed E-state index contributed by atoms with van der Waals surface area (Å²) in [5.41, 5.74) is -0.108. The standard InChI is InChI=1S/C15H13F3N2O5S/c1-8(13-20-11(7-26-13)14(22)23)19-12(21)6-24-9-2-4-10(5-3-9)25-15(16,17)18/h2-5,7-8H,6H2,1H3,(H,19,21)(H,22,23). The molecule has 26 heavy (non-hydrogen) atoms. The van der Waals surface area contributed by atoms with Gasteiger partial charge in [-0.15, -0.1) is 24.5 Å². The van der Waals surface area contributed by atoms with Gasteiger partial charge in [0.2, 0.25) is 0 Å². The van der Waals surface area contributed by atoms with Crippen LogP contribution >= 0.6 is 11.3 Å². The highest BCUT2D eigenvalue weighted by Gasteiger charge is 2.31. The Morgan fingerprint density at radius 2 is 1.88 bits per heavy atom. The van der Waals surface area contributed by atoms with E-state index in [1.165, 1.54) is 17.5 Å². The quantitative estimate of drug-likeness (QED) is 0.754. The molecule has 11 heteroatoms. The van der Waals surface area contributed by atoms with Gasteiger partial charge in [0, 0.05) is 5.38 Å². The van der Waals surface area contributed by atoms with E-state index in [9.17, 15) is 22.8 Å².